The minimum atomic E-state index is -0.275. The lowest BCUT2D eigenvalue weighted by Crippen LogP contribution is -2.72. The van der Waals surface area contributed by atoms with Crippen LogP contribution < -0.4 is 51.6 Å². The van der Waals surface area contributed by atoms with Gasteiger partial charge in [0.25, 0.3) is 0 Å². The van der Waals surface area contributed by atoms with Gasteiger partial charge in [-0.05, 0) is 98.3 Å². The molecule has 20 nitrogen and oxygen atoms in total. The number of aromatic nitrogens is 4. The lowest BCUT2D eigenvalue weighted by molar-refractivity contribution is -0.143. The smallest absolute Gasteiger partial charge is 0.247 e. The molecule has 400 valence electrons. The zero-order chi connectivity index (χ0) is 55.0. The number of halogens is 1. The molecule has 4 fully saturated rings. The number of nitrogen functional groups attached to an aromatic ring is 1. The molecule has 0 atom stereocenters. The third kappa shape index (κ3) is 13.1. The van der Waals surface area contributed by atoms with Gasteiger partial charge < -0.3 is 61.4 Å². The van der Waals surface area contributed by atoms with Gasteiger partial charge in [0, 0.05) is 147 Å². The Bertz CT molecular complexity index is 3200. The zero-order valence-corrected chi connectivity index (χ0v) is 44.7. The summed E-state index contributed by atoms with van der Waals surface area (Å²) in [6, 6.07) is 26.5. The first-order valence-electron chi connectivity index (χ1n) is 24.7. The predicted octanol–water partition coefficient (Wildman–Crippen LogP) is 8.33. The highest BCUT2D eigenvalue weighted by atomic mass is 35.5. The molecule has 10 rings (SSSR count). The van der Waals surface area contributed by atoms with Crippen LogP contribution in [0.15, 0.2) is 123 Å². The van der Waals surface area contributed by atoms with E-state index in [0.29, 0.717) is 45.8 Å². The van der Waals surface area contributed by atoms with Crippen molar-refractivity contribution in [3.63, 3.8) is 0 Å². The standard InChI is InChI=1S/C28H31N7O3.C14H13ClN4O.C14H19N3O2/c1-5-25(37)30-20-7-6-8-21(11-20)31-26-18(2)13-29-27(33-26)32-23-10-9-22(12-24(23)38-4)35-16-28(17-35)14-34(15-28)19(3)36;1-3-12(20)17-10-5-4-6-11(7-10)18-13-9(2)8-16-14(15)19-13;1-10(18)16-6-14(7-16)8-17(9-14)11-3-4-12(15)13(5-11)19-2/h5-13H,1,14-17H2,2-4H3,(H,30,37)(H2,29,31,32,33);3-8H,1H2,2H3,(H,17,20)(H,16,18,19);3-5H,6-9,15H2,1-2H3. The van der Waals surface area contributed by atoms with E-state index < -0.39 is 0 Å². The van der Waals surface area contributed by atoms with Crippen molar-refractivity contribution < 1.29 is 28.7 Å². The van der Waals surface area contributed by atoms with E-state index in [2.05, 4.69) is 75.5 Å². The van der Waals surface area contributed by atoms with Crippen molar-refractivity contribution in [2.75, 3.05) is 109 Å². The molecule has 4 aromatic carbocycles. The van der Waals surface area contributed by atoms with E-state index in [4.69, 9.17) is 26.8 Å². The zero-order valence-electron chi connectivity index (χ0n) is 43.9. The summed E-state index contributed by atoms with van der Waals surface area (Å²) >= 11 is 5.77. The fourth-order valence-electron chi connectivity index (χ4n) is 9.45. The Hall–Kier alpha value is -8.91. The molecule has 77 heavy (non-hydrogen) atoms. The number of nitrogens with one attached hydrogen (secondary N) is 5. The van der Waals surface area contributed by atoms with Crippen LogP contribution in [-0.4, -0.2) is 120 Å². The number of aryl methyl sites for hydroxylation is 2. The van der Waals surface area contributed by atoms with Gasteiger partial charge in [0.2, 0.25) is 34.9 Å². The van der Waals surface area contributed by atoms with E-state index in [1.54, 1.807) is 58.7 Å². The topological polar surface area (TPSA) is 237 Å². The highest BCUT2D eigenvalue weighted by Crippen LogP contribution is 2.45. The van der Waals surface area contributed by atoms with Crippen LogP contribution in [0.1, 0.15) is 25.0 Å². The number of hydrogen-bond donors (Lipinski definition) is 6. The summed E-state index contributed by atoms with van der Waals surface area (Å²) in [5.41, 5.74) is 14.6. The molecule has 2 spiro atoms. The van der Waals surface area contributed by atoms with Crippen molar-refractivity contribution in [1.29, 1.82) is 0 Å². The number of methoxy groups -OCH3 is 2. The largest absolute Gasteiger partial charge is 0.495 e. The maximum absolute atomic E-state index is 11.6. The number of hydrogen-bond acceptors (Lipinski definition) is 16. The fraction of sp³-hybridized carbons (Fsp3) is 0.286. The van der Waals surface area contributed by atoms with Crippen LogP contribution >= 0.6 is 11.6 Å². The van der Waals surface area contributed by atoms with Gasteiger partial charge in [-0.1, -0.05) is 25.3 Å². The van der Waals surface area contributed by atoms with E-state index in [-0.39, 0.29) is 34.3 Å². The van der Waals surface area contributed by atoms with Gasteiger partial charge in [-0.2, -0.15) is 4.98 Å². The molecule has 0 bridgehead atoms. The molecule has 0 aliphatic carbocycles. The van der Waals surface area contributed by atoms with Crippen LogP contribution in [0.25, 0.3) is 0 Å². The number of likely N-dealkylation sites (tertiary alicyclic amines) is 2. The lowest BCUT2D eigenvalue weighted by Gasteiger charge is -2.60. The number of nitrogens with two attached hydrogens (primary N) is 1. The van der Waals surface area contributed by atoms with E-state index in [1.807, 2.05) is 84.3 Å². The van der Waals surface area contributed by atoms with Crippen molar-refractivity contribution in [1.82, 2.24) is 29.7 Å². The first-order valence-corrected chi connectivity index (χ1v) is 25.1. The summed E-state index contributed by atoms with van der Waals surface area (Å²) in [7, 11) is 3.27. The molecule has 7 N–H and O–H groups in total. The Kier molecular flexibility index (Phi) is 16.5. The quantitative estimate of drug-likeness (QED) is 0.0342. The molecule has 4 aliphatic rings. The van der Waals surface area contributed by atoms with Crippen LogP contribution in [0.2, 0.25) is 5.28 Å². The van der Waals surface area contributed by atoms with Gasteiger partial charge in [-0.25, -0.2) is 15.0 Å². The molecule has 6 heterocycles. The molecular formula is C56H63ClN14O6. The second-order valence-electron chi connectivity index (χ2n) is 19.6. The first-order chi connectivity index (χ1) is 36.9. The van der Waals surface area contributed by atoms with E-state index >= 15 is 0 Å². The maximum atomic E-state index is 11.6. The van der Waals surface area contributed by atoms with Crippen LogP contribution in [0.5, 0.6) is 11.5 Å². The lowest BCUT2D eigenvalue weighted by atomic mass is 9.72. The highest BCUT2D eigenvalue weighted by molar-refractivity contribution is 6.28. The number of amides is 4. The molecule has 6 aromatic rings. The summed E-state index contributed by atoms with van der Waals surface area (Å²) in [6.45, 7) is 21.3. The number of benzene rings is 4. The second-order valence-corrected chi connectivity index (χ2v) is 19.9. The molecule has 0 saturated carbocycles. The normalized spacial score (nSPS) is 15.0. The molecule has 4 saturated heterocycles. The van der Waals surface area contributed by atoms with Gasteiger partial charge in [0.1, 0.15) is 23.1 Å². The monoisotopic (exact) mass is 1060 g/mol. The summed E-state index contributed by atoms with van der Waals surface area (Å²) in [6.07, 6.45) is 5.82. The summed E-state index contributed by atoms with van der Waals surface area (Å²) in [4.78, 5) is 71.1. The average Bonchev–Trinajstić information content (AvgIpc) is 3.37. The molecule has 0 radical (unpaired) electrons. The molecule has 21 heteroatoms. The number of rotatable bonds is 14. The van der Waals surface area contributed by atoms with E-state index in [1.165, 1.54) is 12.2 Å². The van der Waals surface area contributed by atoms with Crippen LogP contribution in [-0.2, 0) is 19.2 Å². The Morgan fingerprint density at radius 1 is 0.610 bits per heavy atom. The van der Waals surface area contributed by atoms with Gasteiger partial charge in [-0.3, -0.25) is 19.2 Å². The number of nitrogens with zero attached hydrogens (tertiary/aromatic N) is 8. The minimum Gasteiger partial charge on any atom is -0.495 e. The third-order valence-electron chi connectivity index (χ3n) is 13.6. The Morgan fingerprint density at radius 3 is 1.55 bits per heavy atom. The molecule has 2 aromatic heterocycles. The van der Waals surface area contributed by atoms with Gasteiger partial charge in [0.15, 0.2) is 0 Å². The SMILES string of the molecule is C=CC(=O)Nc1cccc(Nc2nc(Cl)ncc2C)c1.C=CC(=O)Nc1cccc(Nc2nc(Nc3ccc(N4CC5(CN(C(C)=O)C5)C4)cc3OC)ncc2C)c1.COc1cc(N2CC3(CN(C(C)=O)C3)C2)ccc1N. The van der Waals surface area contributed by atoms with Crippen LogP contribution in [0.3, 0.4) is 0 Å². The molecule has 0 unspecified atom stereocenters. The van der Waals surface area contributed by atoms with Crippen molar-refractivity contribution in [3.05, 3.63) is 139 Å². The predicted molar refractivity (Wildman–Crippen MR) is 303 cm³/mol. The third-order valence-corrected chi connectivity index (χ3v) is 13.7. The van der Waals surface area contributed by atoms with Crippen molar-refractivity contribution in [2.24, 2.45) is 10.8 Å². The number of ether oxygens (including phenoxy) is 2. The summed E-state index contributed by atoms with van der Waals surface area (Å²) < 4.78 is 10.9. The van der Waals surface area contributed by atoms with Crippen molar-refractivity contribution >= 4 is 98.3 Å². The first kappa shape index (κ1) is 54.4. The maximum Gasteiger partial charge on any atom is 0.247 e. The average molecular weight is 1060 g/mol. The Morgan fingerprint density at radius 2 is 1.06 bits per heavy atom. The highest BCUT2D eigenvalue weighted by Gasteiger charge is 2.53. The summed E-state index contributed by atoms with van der Waals surface area (Å²) in [5.74, 6) is 2.87. The number of anilines is 11. The van der Waals surface area contributed by atoms with E-state index in [9.17, 15) is 19.2 Å². The minimum absolute atomic E-state index is 0.147. The molecule has 4 aliphatic heterocycles. The molecular weight excluding hydrogens is 1000 g/mol. The van der Waals surface area contributed by atoms with Crippen LogP contribution in [0.4, 0.5) is 63.1 Å². The Labute approximate surface area is 452 Å². The molecule has 4 amide bonds. The van der Waals surface area contributed by atoms with Gasteiger partial charge >= 0.3 is 0 Å². The number of carbonyl (C=O) groups is 4. The van der Waals surface area contributed by atoms with Crippen molar-refractivity contribution in [2.45, 2.75) is 27.7 Å². The summed E-state index contributed by atoms with van der Waals surface area (Å²) in [5, 5.41) is 15.3. The van der Waals surface area contributed by atoms with Crippen molar-refractivity contribution in [3.8, 4) is 11.5 Å². The number of carbonyl (C=O) groups excluding carboxylic acids is 4. The fourth-order valence-corrected chi connectivity index (χ4v) is 9.58. The van der Waals surface area contributed by atoms with E-state index in [0.717, 1.165) is 97.7 Å². The second kappa shape index (κ2) is 23.3. The van der Waals surface area contributed by atoms with Gasteiger partial charge in [-0.15, -0.1) is 0 Å². The van der Waals surface area contributed by atoms with Crippen LogP contribution in [0, 0.1) is 24.7 Å². The van der Waals surface area contributed by atoms with Gasteiger partial charge in [0.05, 0.1) is 25.6 Å². The Balaban J connectivity index is 0.000000169.